The Balaban J connectivity index is 2.27. The van der Waals surface area contributed by atoms with Gasteiger partial charge in [-0.1, -0.05) is 0 Å². The summed E-state index contributed by atoms with van der Waals surface area (Å²) in [6.45, 7) is 3.81. The molecule has 0 aliphatic carbocycles. The van der Waals surface area contributed by atoms with Crippen molar-refractivity contribution in [2.45, 2.75) is 25.0 Å². The molecule has 0 amide bonds. The van der Waals surface area contributed by atoms with Gasteiger partial charge >= 0.3 is 0 Å². The summed E-state index contributed by atoms with van der Waals surface area (Å²) in [5, 5.41) is 10.8. The minimum absolute atomic E-state index is 0.431. The third-order valence-corrected chi connectivity index (χ3v) is 4.31. The van der Waals surface area contributed by atoms with E-state index in [-0.39, 0.29) is 0 Å². The molecule has 86 valence electrons. The van der Waals surface area contributed by atoms with Gasteiger partial charge in [0.25, 0.3) is 0 Å². The maximum absolute atomic E-state index is 11.4. The van der Waals surface area contributed by atoms with Crippen molar-refractivity contribution in [3.63, 3.8) is 0 Å². The minimum atomic E-state index is -3.43. The van der Waals surface area contributed by atoms with E-state index >= 15 is 0 Å². The van der Waals surface area contributed by atoms with Crippen LogP contribution in [0.25, 0.3) is 0 Å². The van der Waals surface area contributed by atoms with Gasteiger partial charge in [-0.15, -0.1) is 0 Å². The van der Waals surface area contributed by atoms with E-state index < -0.39 is 15.3 Å². The van der Waals surface area contributed by atoms with Gasteiger partial charge in [0.1, 0.15) is 0 Å². The lowest BCUT2D eigenvalue weighted by atomic mass is 10.1. The quantitative estimate of drug-likeness (QED) is 0.687. The van der Waals surface area contributed by atoms with Crippen LogP contribution in [-0.2, 0) is 10.0 Å². The molecule has 1 rings (SSSR count). The lowest BCUT2D eigenvalue weighted by Gasteiger charge is -2.10. The van der Waals surface area contributed by atoms with Gasteiger partial charge in [0, 0.05) is 6.54 Å². The van der Waals surface area contributed by atoms with Crippen LogP contribution >= 0.6 is 0 Å². The second-order valence-electron chi connectivity index (χ2n) is 3.86. The van der Waals surface area contributed by atoms with Crippen LogP contribution in [0.2, 0.25) is 0 Å². The number of nitrogens with zero attached hydrogens (tertiary/aromatic N) is 1. The summed E-state index contributed by atoms with van der Waals surface area (Å²) in [4.78, 5) is 0. The van der Waals surface area contributed by atoms with E-state index in [1.54, 1.807) is 6.07 Å². The summed E-state index contributed by atoms with van der Waals surface area (Å²) in [7, 11) is -3.43. The standard InChI is InChI=1S/C9H17N3O2S/c1-8(6-10)15(13,14)12-5-3-9-2-4-11-7-9/h8-9,11-12H,2-5,7H2,1H3. The highest BCUT2D eigenvalue weighted by atomic mass is 32.2. The van der Waals surface area contributed by atoms with Gasteiger partial charge in [-0.3, -0.25) is 0 Å². The fourth-order valence-corrected chi connectivity index (χ4v) is 2.35. The Labute approximate surface area is 90.9 Å². The molecular formula is C9H17N3O2S. The fraction of sp³-hybridized carbons (Fsp3) is 0.889. The first-order chi connectivity index (χ1) is 7.06. The predicted molar refractivity (Wildman–Crippen MR) is 57.6 cm³/mol. The molecule has 2 atom stereocenters. The molecule has 0 radical (unpaired) electrons. The molecule has 1 fully saturated rings. The number of sulfonamides is 1. The molecule has 2 N–H and O–H groups in total. The second-order valence-corrected chi connectivity index (χ2v) is 5.94. The zero-order chi connectivity index (χ0) is 11.3. The molecule has 1 saturated heterocycles. The summed E-state index contributed by atoms with van der Waals surface area (Å²) in [6, 6.07) is 1.72. The highest BCUT2D eigenvalue weighted by molar-refractivity contribution is 7.90. The summed E-state index contributed by atoms with van der Waals surface area (Å²) in [6.07, 6.45) is 1.94. The predicted octanol–water partition coefficient (Wildman–Crippen LogP) is -0.183. The number of nitrogens with one attached hydrogen (secondary N) is 2. The van der Waals surface area contributed by atoms with E-state index in [9.17, 15) is 8.42 Å². The first-order valence-electron chi connectivity index (χ1n) is 5.15. The van der Waals surface area contributed by atoms with Crippen LogP contribution in [0.15, 0.2) is 0 Å². The van der Waals surface area contributed by atoms with Gasteiger partial charge in [-0.05, 0) is 38.8 Å². The molecule has 0 aromatic carbocycles. The van der Waals surface area contributed by atoms with E-state index in [2.05, 4.69) is 10.0 Å². The van der Waals surface area contributed by atoms with E-state index in [1.165, 1.54) is 6.92 Å². The second kappa shape index (κ2) is 5.45. The number of hydrogen-bond donors (Lipinski definition) is 2. The normalized spacial score (nSPS) is 23.6. The first-order valence-corrected chi connectivity index (χ1v) is 6.69. The van der Waals surface area contributed by atoms with Crippen LogP contribution in [0.1, 0.15) is 19.8 Å². The molecule has 1 aliphatic rings. The van der Waals surface area contributed by atoms with Crippen molar-refractivity contribution in [2.75, 3.05) is 19.6 Å². The Morgan fingerprint density at radius 1 is 1.67 bits per heavy atom. The minimum Gasteiger partial charge on any atom is -0.316 e. The van der Waals surface area contributed by atoms with E-state index in [0.29, 0.717) is 12.5 Å². The highest BCUT2D eigenvalue weighted by Gasteiger charge is 2.20. The molecule has 15 heavy (non-hydrogen) atoms. The molecule has 5 nitrogen and oxygen atoms in total. The SMILES string of the molecule is CC(C#N)S(=O)(=O)NCCC1CCNC1. The maximum atomic E-state index is 11.4. The van der Waals surface area contributed by atoms with Crippen LogP contribution in [-0.4, -0.2) is 33.3 Å². The highest BCUT2D eigenvalue weighted by Crippen LogP contribution is 2.11. The van der Waals surface area contributed by atoms with Crippen LogP contribution in [0, 0.1) is 17.2 Å². The van der Waals surface area contributed by atoms with Crippen molar-refractivity contribution in [1.82, 2.24) is 10.0 Å². The van der Waals surface area contributed by atoms with E-state index in [4.69, 9.17) is 5.26 Å². The van der Waals surface area contributed by atoms with Gasteiger partial charge in [0.05, 0.1) is 6.07 Å². The Kier molecular flexibility index (Phi) is 4.51. The van der Waals surface area contributed by atoms with Gasteiger partial charge in [0.15, 0.2) is 5.25 Å². The van der Waals surface area contributed by atoms with Crippen LogP contribution in [0.3, 0.4) is 0 Å². The van der Waals surface area contributed by atoms with Crippen molar-refractivity contribution in [3.8, 4) is 6.07 Å². The van der Waals surface area contributed by atoms with E-state index in [0.717, 1.165) is 25.9 Å². The van der Waals surface area contributed by atoms with Crippen molar-refractivity contribution in [1.29, 1.82) is 5.26 Å². The molecule has 2 unspecified atom stereocenters. The number of hydrogen-bond acceptors (Lipinski definition) is 4. The third-order valence-electron chi connectivity index (χ3n) is 2.67. The molecule has 0 bridgehead atoms. The topological polar surface area (TPSA) is 82.0 Å². The van der Waals surface area contributed by atoms with Crippen molar-refractivity contribution in [3.05, 3.63) is 0 Å². The molecule has 0 aromatic rings. The summed E-state index contributed by atoms with van der Waals surface area (Å²) >= 11 is 0. The Hall–Kier alpha value is -0.640. The van der Waals surface area contributed by atoms with Crippen molar-refractivity contribution < 1.29 is 8.42 Å². The molecule has 1 heterocycles. The molecule has 0 aromatic heterocycles. The smallest absolute Gasteiger partial charge is 0.227 e. The molecular weight excluding hydrogens is 214 g/mol. The number of nitriles is 1. The molecule has 6 heteroatoms. The summed E-state index contributed by atoms with van der Waals surface area (Å²) in [5.74, 6) is 0.560. The van der Waals surface area contributed by atoms with E-state index in [1.807, 2.05) is 0 Å². The van der Waals surface area contributed by atoms with Gasteiger partial charge in [-0.25, -0.2) is 13.1 Å². The van der Waals surface area contributed by atoms with Crippen LogP contribution in [0.4, 0.5) is 0 Å². The summed E-state index contributed by atoms with van der Waals surface area (Å²) < 4.78 is 25.2. The van der Waals surface area contributed by atoms with Gasteiger partial charge in [-0.2, -0.15) is 5.26 Å². The lowest BCUT2D eigenvalue weighted by molar-refractivity contribution is 0.518. The fourth-order valence-electron chi connectivity index (χ4n) is 1.56. The lowest BCUT2D eigenvalue weighted by Crippen LogP contribution is -2.33. The summed E-state index contributed by atoms with van der Waals surface area (Å²) in [5.41, 5.74) is 0. The van der Waals surface area contributed by atoms with Gasteiger partial charge in [0.2, 0.25) is 10.0 Å². The molecule has 0 spiro atoms. The number of rotatable bonds is 5. The average Bonchev–Trinajstić information content (AvgIpc) is 2.69. The molecule has 0 saturated carbocycles. The maximum Gasteiger partial charge on any atom is 0.227 e. The Morgan fingerprint density at radius 2 is 2.40 bits per heavy atom. The Morgan fingerprint density at radius 3 is 2.93 bits per heavy atom. The van der Waals surface area contributed by atoms with Crippen LogP contribution in [0.5, 0.6) is 0 Å². The average molecular weight is 231 g/mol. The zero-order valence-electron chi connectivity index (χ0n) is 8.86. The monoisotopic (exact) mass is 231 g/mol. The zero-order valence-corrected chi connectivity index (χ0v) is 9.68. The largest absolute Gasteiger partial charge is 0.316 e. The first kappa shape index (κ1) is 12.4. The van der Waals surface area contributed by atoms with Crippen molar-refractivity contribution in [2.24, 2.45) is 5.92 Å². The van der Waals surface area contributed by atoms with Crippen LogP contribution < -0.4 is 10.0 Å². The molecule has 1 aliphatic heterocycles. The van der Waals surface area contributed by atoms with Gasteiger partial charge < -0.3 is 5.32 Å². The third kappa shape index (κ3) is 3.78. The van der Waals surface area contributed by atoms with Crippen molar-refractivity contribution >= 4 is 10.0 Å². The Bertz CT molecular complexity index is 328.